The number of nitrogens with zero attached hydrogens (tertiary/aromatic N) is 2. The number of amides is 1. The predicted molar refractivity (Wildman–Crippen MR) is 112 cm³/mol. The van der Waals surface area contributed by atoms with Gasteiger partial charge in [-0.1, -0.05) is 0 Å². The third-order valence-electron chi connectivity index (χ3n) is 6.44. The quantitative estimate of drug-likeness (QED) is 0.515. The minimum Gasteiger partial charge on any atom is -0.406 e. The Morgan fingerprint density at radius 3 is 2.00 bits per heavy atom. The van der Waals surface area contributed by atoms with Gasteiger partial charge in [-0.05, 0) is 61.7 Å². The van der Waals surface area contributed by atoms with E-state index in [0.717, 1.165) is 16.4 Å². The van der Waals surface area contributed by atoms with E-state index in [1.165, 1.54) is 17.0 Å². The number of sulfonamides is 1. The van der Waals surface area contributed by atoms with Gasteiger partial charge in [-0.2, -0.15) is 17.5 Å². The van der Waals surface area contributed by atoms with E-state index in [-0.39, 0.29) is 44.4 Å². The van der Waals surface area contributed by atoms with Gasteiger partial charge in [0.1, 0.15) is 11.6 Å². The first-order valence-corrected chi connectivity index (χ1v) is 12.1. The van der Waals surface area contributed by atoms with E-state index >= 15 is 0 Å². The maximum Gasteiger partial charge on any atom is 0.573 e. The molecule has 2 saturated heterocycles. The Labute approximate surface area is 201 Å². The summed E-state index contributed by atoms with van der Waals surface area (Å²) < 4.78 is 121. The standard InChI is InChI=1S/C22H19F7N2O4S/c23-14-1-6-18(17(13-14)21(24,25)26)36(33,34)30-10-7-20(8-11-30)9-12-31(19(20)32)15-2-4-16(5-3-15)35-22(27,28)29/h1-6,13H,7-12H2. The van der Waals surface area contributed by atoms with Crippen LogP contribution in [0.1, 0.15) is 24.8 Å². The van der Waals surface area contributed by atoms with Crippen molar-refractivity contribution in [3.8, 4) is 5.75 Å². The molecule has 2 aliphatic rings. The topological polar surface area (TPSA) is 66.9 Å². The first-order chi connectivity index (χ1) is 16.6. The summed E-state index contributed by atoms with van der Waals surface area (Å²) in [5.41, 5.74) is -2.23. The summed E-state index contributed by atoms with van der Waals surface area (Å²) >= 11 is 0. The number of piperidine rings is 1. The van der Waals surface area contributed by atoms with Crippen LogP contribution in [0.25, 0.3) is 0 Å². The molecule has 0 radical (unpaired) electrons. The second-order valence-electron chi connectivity index (χ2n) is 8.57. The van der Waals surface area contributed by atoms with Gasteiger partial charge in [0.25, 0.3) is 0 Å². The van der Waals surface area contributed by atoms with Crippen LogP contribution < -0.4 is 9.64 Å². The van der Waals surface area contributed by atoms with Crippen molar-refractivity contribution in [3.05, 3.63) is 53.8 Å². The molecule has 0 aromatic heterocycles. The van der Waals surface area contributed by atoms with Crippen LogP contribution in [0.5, 0.6) is 5.75 Å². The molecule has 4 rings (SSSR count). The molecule has 0 N–H and O–H groups in total. The molecule has 2 fully saturated rings. The number of alkyl halides is 6. The Morgan fingerprint density at radius 1 is 0.861 bits per heavy atom. The molecule has 14 heteroatoms. The second kappa shape index (κ2) is 8.91. The number of anilines is 1. The summed E-state index contributed by atoms with van der Waals surface area (Å²) in [7, 11) is -4.63. The van der Waals surface area contributed by atoms with E-state index < -0.39 is 50.0 Å². The lowest BCUT2D eigenvalue weighted by molar-refractivity contribution is -0.274. The molecule has 1 spiro atoms. The molecule has 2 heterocycles. The van der Waals surface area contributed by atoms with Gasteiger partial charge in [-0.25, -0.2) is 12.8 Å². The first kappa shape index (κ1) is 26.2. The van der Waals surface area contributed by atoms with Gasteiger partial charge in [0.05, 0.1) is 15.9 Å². The summed E-state index contributed by atoms with van der Waals surface area (Å²) in [4.78, 5) is 13.5. The number of benzene rings is 2. The van der Waals surface area contributed by atoms with Gasteiger partial charge in [0.15, 0.2) is 0 Å². The van der Waals surface area contributed by atoms with E-state index in [2.05, 4.69) is 4.74 Å². The van der Waals surface area contributed by atoms with Gasteiger partial charge < -0.3 is 9.64 Å². The Morgan fingerprint density at radius 2 is 1.44 bits per heavy atom. The molecule has 0 atom stereocenters. The van der Waals surface area contributed by atoms with Crippen LogP contribution in [0.3, 0.4) is 0 Å². The maximum atomic E-state index is 13.4. The summed E-state index contributed by atoms with van der Waals surface area (Å²) in [6.07, 6.45) is -9.54. The molecular weight excluding hydrogens is 521 g/mol. The smallest absolute Gasteiger partial charge is 0.406 e. The molecule has 0 aliphatic carbocycles. The van der Waals surface area contributed by atoms with Crippen molar-refractivity contribution in [2.45, 2.75) is 36.7 Å². The molecule has 0 bridgehead atoms. The number of rotatable bonds is 4. The highest BCUT2D eigenvalue weighted by molar-refractivity contribution is 7.89. The van der Waals surface area contributed by atoms with Gasteiger partial charge in [-0.15, -0.1) is 13.2 Å². The van der Waals surface area contributed by atoms with Gasteiger partial charge in [0.2, 0.25) is 15.9 Å². The lowest BCUT2D eigenvalue weighted by atomic mass is 9.77. The Balaban J connectivity index is 1.49. The van der Waals surface area contributed by atoms with Crippen molar-refractivity contribution in [1.82, 2.24) is 4.31 Å². The number of hydrogen-bond acceptors (Lipinski definition) is 4. The molecule has 2 aromatic carbocycles. The monoisotopic (exact) mass is 540 g/mol. The zero-order valence-corrected chi connectivity index (χ0v) is 19.2. The summed E-state index contributed by atoms with van der Waals surface area (Å²) in [5, 5.41) is 0. The highest BCUT2D eigenvalue weighted by Crippen LogP contribution is 2.45. The third kappa shape index (κ3) is 5.01. The van der Waals surface area contributed by atoms with Crippen LogP contribution in [0.2, 0.25) is 0 Å². The molecule has 196 valence electrons. The second-order valence-corrected chi connectivity index (χ2v) is 10.5. The molecule has 36 heavy (non-hydrogen) atoms. The Hall–Kier alpha value is -2.87. The molecule has 2 aliphatic heterocycles. The van der Waals surface area contributed by atoms with Gasteiger partial charge in [0, 0.05) is 25.3 Å². The Kier molecular flexibility index (Phi) is 6.48. The minimum atomic E-state index is -5.09. The number of carbonyl (C=O) groups excluding carboxylic acids is 1. The lowest BCUT2D eigenvalue weighted by Crippen LogP contribution is -2.46. The fourth-order valence-corrected chi connectivity index (χ4v) is 6.23. The average molecular weight is 540 g/mol. The molecule has 1 amide bonds. The van der Waals surface area contributed by atoms with E-state index in [0.29, 0.717) is 24.2 Å². The number of carbonyl (C=O) groups is 1. The fourth-order valence-electron chi connectivity index (χ4n) is 4.60. The van der Waals surface area contributed by atoms with Crippen molar-refractivity contribution in [1.29, 1.82) is 0 Å². The third-order valence-corrected chi connectivity index (χ3v) is 8.40. The average Bonchev–Trinajstić information content (AvgIpc) is 3.08. The molecule has 6 nitrogen and oxygen atoms in total. The van der Waals surface area contributed by atoms with E-state index in [4.69, 9.17) is 0 Å². The SMILES string of the molecule is O=C1N(c2ccc(OC(F)(F)F)cc2)CCC12CCN(S(=O)(=O)c1ccc(F)cc1C(F)(F)F)CC2. The van der Waals surface area contributed by atoms with Crippen molar-refractivity contribution < 1.29 is 48.7 Å². The summed E-state index contributed by atoms with van der Waals surface area (Å²) in [6, 6.07) is 6.06. The predicted octanol–water partition coefficient (Wildman–Crippen LogP) is 4.95. The number of ether oxygens (including phenoxy) is 1. The summed E-state index contributed by atoms with van der Waals surface area (Å²) in [6.45, 7) is -0.217. The van der Waals surface area contributed by atoms with Crippen LogP contribution in [0, 0.1) is 11.2 Å². The fraction of sp³-hybridized carbons (Fsp3) is 0.409. The first-order valence-electron chi connectivity index (χ1n) is 10.7. The normalized spacial score (nSPS) is 19.2. The number of halogens is 7. The van der Waals surface area contributed by atoms with E-state index in [1.54, 1.807) is 0 Å². The van der Waals surface area contributed by atoms with Crippen LogP contribution >= 0.6 is 0 Å². The van der Waals surface area contributed by atoms with E-state index in [9.17, 15) is 43.9 Å². The highest BCUT2D eigenvalue weighted by atomic mass is 32.2. The van der Waals surface area contributed by atoms with Crippen molar-refractivity contribution in [2.24, 2.45) is 5.41 Å². The minimum absolute atomic E-state index is 0.0410. The highest BCUT2D eigenvalue weighted by Gasteiger charge is 2.50. The summed E-state index contributed by atoms with van der Waals surface area (Å²) in [5.74, 6) is -2.03. The van der Waals surface area contributed by atoms with Crippen LogP contribution in [0.4, 0.5) is 36.4 Å². The largest absolute Gasteiger partial charge is 0.573 e. The van der Waals surface area contributed by atoms with Gasteiger partial charge in [-0.3, -0.25) is 4.79 Å². The number of hydrogen-bond donors (Lipinski definition) is 0. The van der Waals surface area contributed by atoms with Crippen molar-refractivity contribution >= 4 is 21.6 Å². The molecule has 0 saturated carbocycles. The van der Waals surface area contributed by atoms with Crippen molar-refractivity contribution in [3.63, 3.8) is 0 Å². The molecular formula is C22H19F7N2O4S. The zero-order valence-electron chi connectivity index (χ0n) is 18.4. The molecule has 2 aromatic rings. The van der Waals surface area contributed by atoms with Crippen molar-refractivity contribution in [2.75, 3.05) is 24.5 Å². The molecule has 0 unspecified atom stereocenters. The van der Waals surface area contributed by atoms with Gasteiger partial charge >= 0.3 is 12.5 Å². The van der Waals surface area contributed by atoms with Crippen LogP contribution in [-0.4, -0.2) is 44.6 Å². The van der Waals surface area contributed by atoms with Crippen LogP contribution in [0.15, 0.2) is 47.4 Å². The Bertz CT molecular complexity index is 1250. The maximum absolute atomic E-state index is 13.4. The van der Waals surface area contributed by atoms with E-state index in [1.807, 2.05) is 0 Å². The lowest BCUT2D eigenvalue weighted by Gasteiger charge is -2.37. The van der Waals surface area contributed by atoms with Crippen LogP contribution in [-0.2, 0) is 21.0 Å². The zero-order chi connectivity index (χ0) is 26.5.